The highest BCUT2D eigenvalue weighted by Crippen LogP contribution is 2.13. The molecule has 0 aromatic heterocycles. The van der Waals surface area contributed by atoms with Crippen molar-refractivity contribution in [3.05, 3.63) is 11.9 Å². The number of nitrogens with zero attached hydrogens (tertiary/aromatic N) is 2. The fraction of sp³-hybridized carbons (Fsp3) is 0.636. The summed E-state index contributed by atoms with van der Waals surface area (Å²) in [7, 11) is 0. The zero-order valence-corrected chi connectivity index (χ0v) is 10.6. The molecule has 1 atom stereocenters. The Morgan fingerprint density at radius 2 is 2.24 bits per heavy atom. The quantitative estimate of drug-likeness (QED) is 0.673. The average molecular weight is 241 g/mol. The van der Waals surface area contributed by atoms with Gasteiger partial charge in [0.05, 0.1) is 11.9 Å². The molecule has 1 heterocycles. The van der Waals surface area contributed by atoms with Gasteiger partial charge in [0.15, 0.2) is 6.23 Å². The van der Waals surface area contributed by atoms with E-state index in [1.165, 1.54) is 11.1 Å². The Kier molecular flexibility index (Phi) is 3.77. The molecular weight excluding hydrogens is 222 g/mol. The van der Waals surface area contributed by atoms with E-state index in [4.69, 9.17) is 10.5 Å². The second-order valence-corrected chi connectivity index (χ2v) is 4.89. The number of rotatable bonds is 2. The molecule has 96 valence electrons. The van der Waals surface area contributed by atoms with Crippen LogP contribution in [0.1, 0.15) is 27.7 Å². The van der Waals surface area contributed by atoms with Crippen LogP contribution >= 0.6 is 0 Å². The maximum Gasteiger partial charge on any atom is 0.326 e. The molecule has 1 unspecified atom stereocenters. The van der Waals surface area contributed by atoms with Gasteiger partial charge in [0.1, 0.15) is 18.0 Å². The maximum absolute atomic E-state index is 11.6. The first-order valence-corrected chi connectivity index (χ1v) is 5.37. The van der Waals surface area contributed by atoms with Crippen molar-refractivity contribution < 1.29 is 14.6 Å². The molecule has 6 heteroatoms. The summed E-state index contributed by atoms with van der Waals surface area (Å²) >= 11 is 0. The number of aliphatic hydroxyl groups excluding tert-OH is 1. The monoisotopic (exact) mass is 241 g/mol. The number of hydrogen-bond donors (Lipinski definition) is 2. The van der Waals surface area contributed by atoms with Gasteiger partial charge in [-0.25, -0.2) is 4.99 Å². The highest BCUT2D eigenvalue weighted by molar-refractivity contribution is 5.86. The van der Waals surface area contributed by atoms with Crippen molar-refractivity contribution in [1.82, 2.24) is 4.90 Å². The summed E-state index contributed by atoms with van der Waals surface area (Å²) in [5.41, 5.74) is 5.20. The molecule has 0 aromatic rings. The largest absolute Gasteiger partial charge is 0.459 e. The summed E-state index contributed by atoms with van der Waals surface area (Å²) in [5, 5.41) is 9.80. The second kappa shape index (κ2) is 4.75. The molecule has 1 rings (SSSR count). The van der Waals surface area contributed by atoms with Crippen LogP contribution in [0.3, 0.4) is 0 Å². The van der Waals surface area contributed by atoms with Crippen molar-refractivity contribution in [3.8, 4) is 0 Å². The lowest BCUT2D eigenvalue weighted by atomic mass is 10.2. The number of esters is 1. The summed E-state index contributed by atoms with van der Waals surface area (Å²) in [6.07, 6.45) is 0.353. The zero-order chi connectivity index (χ0) is 13.2. The normalized spacial score (nSPS) is 20.8. The predicted octanol–water partition coefficient (Wildman–Crippen LogP) is 0.181. The first kappa shape index (κ1) is 13.5. The molecular formula is C11H19N3O3. The van der Waals surface area contributed by atoms with E-state index in [0.717, 1.165) is 0 Å². The number of nitrogens with two attached hydrogens (primary N) is 1. The Labute approximate surface area is 101 Å². The van der Waals surface area contributed by atoms with Gasteiger partial charge in [0.25, 0.3) is 0 Å². The van der Waals surface area contributed by atoms with Gasteiger partial charge in [-0.1, -0.05) is 0 Å². The van der Waals surface area contributed by atoms with Crippen LogP contribution < -0.4 is 5.73 Å². The van der Waals surface area contributed by atoms with Crippen LogP contribution in [0.15, 0.2) is 16.9 Å². The van der Waals surface area contributed by atoms with E-state index in [9.17, 15) is 9.90 Å². The Balaban J connectivity index is 2.66. The molecule has 0 amide bonds. The third kappa shape index (κ3) is 3.74. The van der Waals surface area contributed by atoms with Gasteiger partial charge in [0.2, 0.25) is 0 Å². The van der Waals surface area contributed by atoms with Gasteiger partial charge >= 0.3 is 5.97 Å². The van der Waals surface area contributed by atoms with E-state index in [-0.39, 0.29) is 12.2 Å². The number of hydrogen-bond acceptors (Lipinski definition) is 6. The van der Waals surface area contributed by atoms with Crippen LogP contribution in [0.4, 0.5) is 0 Å². The zero-order valence-electron chi connectivity index (χ0n) is 10.6. The lowest BCUT2D eigenvalue weighted by molar-refractivity contribution is -0.156. The van der Waals surface area contributed by atoms with E-state index in [1.807, 2.05) is 0 Å². The molecule has 0 spiro atoms. The van der Waals surface area contributed by atoms with Gasteiger partial charge in [-0.3, -0.25) is 4.79 Å². The Morgan fingerprint density at radius 3 is 2.76 bits per heavy atom. The minimum Gasteiger partial charge on any atom is -0.459 e. The predicted molar refractivity (Wildman–Crippen MR) is 63.9 cm³/mol. The SMILES string of the molecule is CC1=NC=C(N)C(O)N1CC(=O)OC(C)(C)C. The lowest BCUT2D eigenvalue weighted by Crippen LogP contribution is -2.47. The molecule has 17 heavy (non-hydrogen) atoms. The standard InChI is InChI=1S/C11H19N3O3/c1-7-13-5-8(12)10(16)14(7)6-9(15)17-11(2,3)4/h5,10,16H,6,12H2,1-4H3. The third-order valence-corrected chi connectivity index (χ3v) is 2.13. The summed E-state index contributed by atoms with van der Waals surface area (Å²) in [4.78, 5) is 17.0. The van der Waals surface area contributed by atoms with Gasteiger partial charge in [-0.2, -0.15) is 0 Å². The van der Waals surface area contributed by atoms with Crippen molar-refractivity contribution in [3.63, 3.8) is 0 Å². The van der Waals surface area contributed by atoms with E-state index < -0.39 is 17.8 Å². The van der Waals surface area contributed by atoms with Crippen molar-refractivity contribution in [2.24, 2.45) is 10.7 Å². The molecule has 0 aliphatic carbocycles. The molecule has 1 aliphatic heterocycles. The van der Waals surface area contributed by atoms with E-state index in [1.54, 1.807) is 27.7 Å². The van der Waals surface area contributed by atoms with Gasteiger partial charge in [-0.15, -0.1) is 0 Å². The first-order chi connectivity index (χ1) is 7.70. The lowest BCUT2D eigenvalue weighted by Gasteiger charge is -2.32. The molecule has 3 N–H and O–H groups in total. The third-order valence-electron chi connectivity index (χ3n) is 2.13. The highest BCUT2D eigenvalue weighted by atomic mass is 16.6. The van der Waals surface area contributed by atoms with Crippen LogP contribution in [-0.4, -0.2) is 40.2 Å². The van der Waals surface area contributed by atoms with E-state index in [0.29, 0.717) is 5.84 Å². The Hall–Kier alpha value is -1.56. The van der Waals surface area contributed by atoms with Crippen molar-refractivity contribution in [2.75, 3.05) is 6.54 Å². The average Bonchev–Trinajstić information content (AvgIpc) is 2.16. The first-order valence-electron chi connectivity index (χ1n) is 5.37. The Bertz CT molecular complexity index is 369. The van der Waals surface area contributed by atoms with Crippen LogP contribution in [0.5, 0.6) is 0 Å². The van der Waals surface area contributed by atoms with Crippen LogP contribution in [0, 0.1) is 0 Å². The van der Waals surface area contributed by atoms with Crippen LogP contribution in [0.25, 0.3) is 0 Å². The molecule has 0 bridgehead atoms. The molecule has 1 aliphatic rings. The number of carbonyl (C=O) groups is 1. The van der Waals surface area contributed by atoms with E-state index in [2.05, 4.69) is 4.99 Å². The number of ether oxygens (including phenoxy) is 1. The summed E-state index contributed by atoms with van der Waals surface area (Å²) in [6, 6.07) is 0. The van der Waals surface area contributed by atoms with Crippen LogP contribution in [0.2, 0.25) is 0 Å². The molecule has 0 radical (unpaired) electrons. The van der Waals surface area contributed by atoms with Gasteiger partial charge < -0.3 is 20.5 Å². The minimum atomic E-state index is -1.03. The summed E-state index contributed by atoms with van der Waals surface area (Å²) < 4.78 is 5.17. The Morgan fingerprint density at radius 1 is 1.65 bits per heavy atom. The molecule has 0 saturated heterocycles. The van der Waals surface area contributed by atoms with Crippen molar-refractivity contribution in [2.45, 2.75) is 39.5 Å². The fourth-order valence-electron chi connectivity index (χ4n) is 1.38. The second-order valence-electron chi connectivity index (χ2n) is 4.89. The van der Waals surface area contributed by atoms with E-state index >= 15 is 0 Å². The smallest absolute Gasteiger partial charge is 0.326 e. The topological polar surface area (TPSA) is 88.2 Å². The number of amidine groups is 1. The van der Waals surface area contributed by atoms with Gasteiger partial charge in [-0.05, 0) is 27.7 Å². The fourth-order valence-corrected chi connectivity index (χ4v) is 1.38. The molecule has 6 nitrogen and oxygen atoms in total. The number of aliphatic imine (C=N–C) groups is 1. The van der Waals surface area contributed by atoms with Crippen molar-refractivity contribution >= 4 is 11.8 Å². The molecule has 0 saturated carbocycles. The summed E-state index contributed by atoms with van der Waals surface area (Å²) in [5.74, 6) is 0.0957. The highest BCUT2D eigenvalue weighted by Gasteiger charge is 2.27. The molecule has 0 aromatic carbocycles. The molecule has 0 fully saturated rings. The van der Waals surface area contributed by atoms with Gasteiger partial charge in [0, 0.05) is 0 Å². The van der Waals surface area contributed by atoms with Crippen molar-refractivity contribution in [1.29, 1.82) is 0 Å². The summed E-state index contributed by atoms with van der Waals surface area (Å²) in [6.45, 7) is 6.96. The number of aliphatic hydroxyl groups is 1. The number of carbonyl (C=O) groups excluding carboxylic acids is 1. The van der Waals surface area contributed by atoms with Crippen LogP contribution in [-0.2, 0) is 9.53 Å². The minimum absolute atomic E-state index is 0.0810. The maximum atomic E-state index is 11.6.